The molecule has 0 spiro atoms. The van der Waals surface area contributed by atoms with Crippen LogP contribution in [0.15, 0.2) is 81.0 Å². The van der Waals surface area contributed by atoms with Crippen molar-refractivity contribution in [3.63, 3.8) is 0 Å². The minimum Gasteiger partial charge on any atom is -0.294 e. The van der Waals surface area contributed by atoms with Crippen molar-refractivity contribution in [1.82, 2.24) is 4.31 Å². The van der Waals surface area contributed by atoms with Gasteiger partial charge in [0.1, 0.15) is 8.07 Å². The van der Waals surface area contributed by atoms with E-state index in [0.717, 1.165) is 21.9 Å². The van der Waals surface area contributed by atoms with Crippen LogP contribution < -0.4 is 5.19 Å². The molecule has 0 radical (unpaired) electrons. The number of ketones is 1. The smallest absolute Gasteiger partial charge is 0.243 e. The fourth-order valence-electron chi connectivity index (χ4n) is 5.69. The van der Waals surface area contributed by atoms with Crippen molar-refractivity contribution in [2.45, 2.75) is 57.9 Å². The van der Waals surface area contributed by atoms with Crippen LogP contribution in [0.1, 0.15) is 18.9 Å². The molecule has 0 unspecified atom stereocenters. The third-order valence-electron chi connectivity index (χ3n) is 7.63. The minimum absolute atomic E-state index is 0.208. The normalized spacial score (nSPS) is 20.3. The number of hydrogen-bond donors (Lipinski definition) is 0. The van der Waals surface area contributed by atoms with E-state index in [9.17, 15) is 13.2 Å². The molecule has 4 rings (SSSR count). The molecule has 0 N–H and O–H groups in total. The number of benzene rings is 2. The van der Waals surface area contributed by atoms with Crippen LogP contribution in [0.25, 0.3) is 0 Å². The fraction of sp³-hybridized carbons (Fsp3) is 0.393. The van der Waals surface area contributed by atoms with Crippen LogP contribution in [0.3, 0.4) is 0 Å². The maximum atomic E-state index is 13.8. The molecule has 4 nitrogen and oxygen atoms in total. The van der Waals surface area contributed by atoms with Gasteiger partial charge in [0.15, 0.2) is 5.78 Å². The van der Waals surface area contributed by atoms with E-state index in [2.05, 4.69) is 57.0 Å². The molecule has 2 aliphatic rings. The zero-order valence-electron chi connectivity index (χ0n) is 22.0. The van der Waals surface area contributed by atoms with Crippen molar-refractivity contribution in [3.05, 3.63) is 81.7 Å². The number of allylic oxidation sites excluding steroid dienone is 1. The van der Waals surface area contributed by atoms with Gasteiger partial charge in [0, 0.05) is 19.0 Å². The van der Waals surface area contributed by atoms with Crippen molar-refractivity contribution in [2.75, 3.05) is 13.1 Å². The molecule has 1 atom stereocenters. The largest absolute Gasteiger partial charge is 0.294 e. The van der Waals surface area contributed by atoms with Crippen LogP contribution in [0.5, 0.6) is 0 Å². The Hall–Kier alpha value is -2.07. The number of rotatable bonds is 5. The lowest BCUT2D eigenvalue weighted by molar-refractivity contribution is -0.116. The molecule has 0 amide bonds. The average Bonchev–Trinajstić information content (AvgIpc) is 2.93. The first-order chi connectivity index (χ1) is 16.3. The summed E-state index contributed by atoms with van der Waals surface area (Å²) in [6, 6.07) is 17.7. The SMILES string of the molecule is Cc1ccc(S(=O)(=O)N2CCC([Si](C)(C)c3ccccc3)=C3C(=C([Si](C)(C)C)C(=O)[C@H]3C)C2)cc1. The Bertz CT molecular complexity index is 1320. The second-order valence-electron chi connectivity index (χ2n) is 11.5. The molecule has 2 aromatic carbocycles. The number of aryl methyl sites for hydroxylation is 1. The minimum atomic E-state index is -3.69. The van der Waals surface area contributed by atoms with E-state index in [-0.39, 0.29) is 18.2 Å². The second-order valence-corrected chi connectivity index (χ2v) is 22.8. The molecular weight excluding hydrogens is 487 g/mol. The molecule has 0 fully saturated rings. The van der Waals surface area contributed by atoms with Crippen LogP contribution in [0.2, 0.25) is 32.7 Å². The van der Waals surface area contributed by atoms with E-state index in [1.807, 2.05) is 32.0 Å². The Kier molecular flexibility index (Phi) is 6.77. The zero-order valence-corrected chi connectivity index (χ0v) is 24.8. The molecule has 0 saturated heterocycles. The summed E-state index contributed by atoms with van der Waals surface area (Å²) >= 11 is 0. The highest BCUT2D eigenvalue weighted by molar-refractivity contribution is 7.89. The maximum Gasteiger partial charge on any atom is 0.243 e. The summed E-state index contributed by atoms with van der Waals surface area (Å²) in [7, 11) is -7.84. The number of hydrogen-bond acceptors (Lipinski definition) is 3. The Balaban J connectivity index is 1.92. The monoisotopic (exact) mass is 523 g/mol. The second kappa shape index (κ2) is 9.10. The predicted molar refractivity (Wildman–Crippen MR) is 150 cm³/mol. The van der Waals surface area contributed by atoms with Gasteiger partial charge in [0.05, 0.1) is 13.0 Å². The van der Waals surface area contributed by atoms with Gasteiger partial charge in [-0.2, -0.15) is 4.31 Å². The third kappa shape index (κ3) is 4.59. The summed E-state index contributed by atoms with van der Waals surface area (Å²) in [6.45, 7) is 16.0. The highest BCUT2D eigenvalue weighted by Gasteiger charge is 2.46. The van der Waals surface area contributed by atoms with E-state index in [4.69, 9.17) is 0 Å². The Morgan fingerprint density at radius 3 is 2.09 bits per heavy atom. The Morgan fingerprint density at radius 2 is 1.51 bits per heavy atom. The van der Waals surface area contributed by atoms with Gasteiger partial charge in [0.2, 0.25) is 10.0 Å². The van der Waals surface area contributed by atoms with Gasteiger partial charge in [0.25, 0.3) is 0 Å². The molecule has 1 aliphatic carbocycles. The van der Waals surface area contributed by atoms with Crippen LogP contribution in [-0.4, -0.2) is 47.7 Å². The highest BCUT2D eigenvalue weighted by atomic mass is 32.2. The van der Waals surface area contributed by atoms with Gasteiger partial charge in [-0.25, -0.2) is 8.42 Å². The fourth-order valence-corrected chi connectivity index (χ4v) is 12.3. The molecule has 35 heavy (non-hydrogen) atoms. The third-order valence-corrected chi connectivity index (χ3v) is 15.3. The van der Waals surface area contributed by atoms with Crippen molar-refractivity contribution < 1.29 is 13.2 Å². The zero-order chi connectivity index (χ0) is 25.8. The van der Waals surface area contributed by atoms with E-state index in [1.54, 1.807) is 16.4 Å². The predicted octanol–water partition coefficient (Wildman–Crippen LogP) is 5.23. The first-order valence-electron chi connectivity index (χ1n) is 12.4. The Morgan fingerprint density at radius 1 is 0.914 bits per heavy atom. The summed E-state index contributed by atoms with van der Waals surface area (Å²) in [5.74, 6) is -0.00152. The van der Waals surface area contributed by atoms with Crippen molar-refractivity contribution >= 4 is 37.1 Å². The topological polar surface area (TPSA) is 54.5 Å². The molecule has 1 heterocycles. The molecule has 0 bridgehead atoms. The van der Waals surface area contributed by atoms with Gasteiger partial charge in [-0.05, 0) is 41.8 Å². The molecular formula is C28H37NO3SSi2. The summed E-state index contributed by atoms with van der Waals surface area (Å²) in [6.07, 6.45) is 0.661. The molecule has 2 aromatic rings. The summed E-state index contributed by atoms with van der Waals surface area (Å²) in [5.41, 5.74) is 3.18. The molecule has 186 valence electrons. The summed E-state index contributed by atoms with van der Waals surface area (Å²) < 4.78 is 29.2. The first-order valence-corrected chi connectivity index (χ1v) is 20.3. The van der Waals surface area contributed by atoms with Gasteiger partial charge < -0.3 is 0 Å². The molecule has 0 saturated carbocycles. The number of carbonyl (C=O) groups excluding carboxylic acids is 1. The quantitative estimate of drug-likeness (QED) is 0.504. The van der Waals surface area contributed by atoms with E-state index >= 15 is 0 Å². The van der Waals surface area contributed by atoms with Gasteiger partial charge in [-0.3, -0.25) is 4.79 Å². The van der Waals surface area contributed by atoms with Crippen LogP contribution in [0.4, 0.5) is 0 Å². The van der Waals surface area contributed by atoms with E-state index < -0.39 is 26.2 Å². The number of carbonyl (C=O) groups is 1. The molecule has 0 aromatic heterocycles. The highest BCUT2D eigenvalue weighted by Crippen LogP contribution is 2.45. The standard InChI is InChI=1S/C28H37NO3SSi2/c1-20-13-15-22(16-14-20)33(31,32)29-18-17-25(35(6,7)23-11-9-8-10-12-23)26-21(2)27(30)28(24(26)19-29)34(3,4)5/h8-16,21H,17-19H2,1-7H3/t21-/m0/s1. The van der Waals surface area contributed by atoms with Crippen molar-refractivity contribution in [2.24, 2.45) is 5.92 Å². The lowest BCUT2D eigenvalue weighted by Crippen LogP contribution is -2.45. The lowest BCUT2D eigenvalue weighted by atomic mass is 9.99. The van der Waals surface area contributed by atoms with Crippen molar-refractivity contribution in [1.29, 1.82) is 0 Å². The lowest BCUT2D eigenvalue weighted by Gasteiger charge is -2.30. The average molecular weight is 524 g/mol. The van der Waals surface area contributed by atoms with E-state index in [1.165, 1.54) is 10.4 Å². The number of fused-ring (bicyclic) bond motifs is 1. The van der Waals surface area contributed by atoms with Crippen LogP contribution in [-0.2, 0) is 14.8 Å². The maximum absolute atomic E-state index is 13.8. The molecule has 7 heteroatoms. The summed E-state index contributed by atoms with van der Waals surface area (Å²) in [5, 5.41) is 3.58. The number of Topliss-reactive ketones (excluding diaryl/α,β-unsaturated/α-hetero) is 1. The van der Waals surface area contributed by atoms with E-state index in [0.29, 0.717) is 17.9 Å². The summed E-state index contributed by atoms with van der Waals surface area (Å²) in [4.78, 5) is 14.0. The Labute approximate surface area is 212 Å². The van der Waals surface area contributed by atoms with Gasteiger partial charge >= 0.3 is 0 Å². The van der Waals surface area contributed by atoms with Gasteiger partial charge in [-0.1, -0.05) is 98.1 Å². The van der Waals surface area contributed by atoms with Crippen LogP contribution in [0, 0.1) is 12.8 Å². The number of sulfonamides is 1. The molecule has 1 aliphatic heterocycles. The van der Waals surface area contributed by atoms with Crippen molar-refractivity contribution in [3.8, 4) is 0 Å². The number of nitrogens with zero attached hydrogens (tertiary/aromatic N) is 1. The van der Waals surface area contributed by atoms with Gasteiger partial charge in [-0.15, -0.1) is 0 Å². The first kappa shape index (κ1) is 26.0. The van der Waals surface area contributed by atoms with Crippen LogP contribution >= 0.6 is 0 Å².